The van der Waals surface area contributed by atoms with Crippen LogP contribution in [0.5, 0.6) is 11.5 Å². The fourth-order valence-electron chi connectivity index (χ4n) is 1.83. The van der Waals surface area contributed by atoms with Crippen molar-refractivity contribution >= 4 is 23.7 Å². The van der Waals surface area contributed by atoms with Crippen molar-refractivity contribution in [3.8, 4) is 11.5 Å². The number of ether oxygens (including phenoxy) is 2. The maximum atomic E-state index is 11.8. The van der Waals surface area contributed by atoms with Gasteiger partial charge in [-0.1, -0.05) is 12.1 Å². The minimum Gasteiger partial charge on any atom is -0.497 e. The number of para-hydroxylation sites is 2. The van der Waals surface area contributed by atoms with Crippen LogP contribution in [0.25, 0.3) is 0 Å². The number of methoxy groups -OCH3 is 2. The average Bonchev–Trinajstić information content (AvgIpc) is 2.62. The molecular formula is C17H17N3O4. The lowest BCUT2D eigenvalue weighted by molar-refractivity contribution is -0.136. The van der Waals surface area contributed by atoms with Gasteiger partial charge in [-0.05, 0) is 42.0 Å². The van der Waals surface area contributed by atoms with Gasteiger partial charge in [-0.3, -0.25) is 9.59 Å². The third-order valence-electron chi connectivity index (χ3n) is 3.06. The van der Waals surface area contributed by atoms with Crippen LogP contribution in [0.2, 0.25) is 0 Å². The number of nitrogens with zero attached hydrogens (tertiary/aromatic N) is 1. The van der Waals surface area contributed by atoms with E-state index in [1.807, 2.05) is 0 Å². The smallest absolute Gasteiger partial charge is 0.329 e. The summed E-state index contributed by atoms with van der Waals surface area (Å²) in [4.78, 5) is 23.6. The second-order valence-corrected chi connectivity index (χ2v) is 4.63. The first-order valence-corrected chi connectivity index (χ1v) is 7.05. The molecule has 0 unspecified atom stereocenters. The molecule has 0 aliphatic rings. The lowest BCUT2D eigenvalue weighted by atomic mass is 10.2. The molecule has 2 N–H and O–H groups in total. The molecule has 2 amide bonds. The van der Waals surface area contributed by atoms with E-state index < -0.39 is 11.8 Å². The summed E-state index contributed by atoms with van der Waals surface area (Å²) in [6.07, 6.45) is 1.42. The van der Waals surface area contributed by atoms with Gasteiger partial charge < -0.3 is 14.8 Å². The minimum absolute atomic E-state index is 0.402. The molecule has 2 rings (SSSR count). The van der Waals surface area contributed by atoms with Gasteiger partial charge >= 0.3 is 11.8 Å². The summed E-state index contributed by atoms with van der Waals surface area (Å²) in [5.74, 6) is -0.551. The predicted molar refractivity (Wildman–Crippen MR) is 90.4 cm³/mol. The summed E-state index contributed by atoms with van der Waals surface area (Å²) in [5, 5.41) is 6.20. The van der Waals surface area contributed by atoms with Gasteiger partial charge in [0.2, 0.25) is 0 Å². The Morgan fingerprint density at radius 2 is 1.67 bits per heavy atom. The highest BCUT2D eigenvalue weighted by Crippen LogP contribution is 2.22. The Kier molecular flexibility index (Phi) is 5.90. The molecule has 0 radical (unpaired) electrons. The van der Waals surface area contributed by atoms with E-state index in [1.54, 1.807) is 55.6 Å². The van der Waals surface area contributed by atoms with Gasteiger partial charge in [0.15, 0.2) is 0 Å². The quantitative estimate of drug-likeness (QED) is 0.498. The zero-order valence-corrected chi connectivity index (χ0v) is 13.3. The van der Waals surface area contributed by atoms with E-state index >= 15 is 0 Å². The van der Waals surface area contributed by atoms with Crippen molar-refractivity contribution in [2.75, 3.05) is 19.5 Å². The van der Waals surface area contributed by atoms with Crippen LogP contribution in [0.4, 0.5) is 5.69 Å². The monoisotopic (exact) mass is 327 g/mol. The number of hydrazone groups is 1. The molecular weight excluding hydrogens is 310 g/mol. The summed E-state index contributed by atoms with van der Waals surface area (Å²) in [7, 11) is 3.05. The highest BCUT2D eigenvalue weighted by atomic mass is 16.5. The number of amides is 2. The van der Waals surface area contributed by atoms with Crippen molar-refractivity contribution in [2.45, 2.75) is 0 Å². The third-order valence-corrected chi connectivity index (χ3v) is 3.06. The minimum atomic E-state index is -0.884. The van der Waals surface area contributed by atoms with E-state index in [-0.39, 0.29) is 0 Å². The Hall–Kier alpha value is -3.35. The Morgan fingerprint density at radius 1 is 0.958 bits per heavy atom. The summed E-state index contributed by atoms with van der Waals surface area (Å²) in [5.41, 5.74) is 3.32. The van der Waals surface area contributed by atoms with Crippen molar-refractivity contribution in [1.82, 2.24) is 5.43 Å². The van der Waals surface area contributed by atoms with Gasteiger partial charge in [0.1, 0.15) is 11.5 Å². The van der Waals surface area contributed by atoms with E-state index in [9.17, 15) is 9.59 Å². The van der Waals surface area contributed by atoms with E-state index in [0.29, 0.717) is 17.2 Å². The molecule has 0 spiro atoms. The standard InChI is InChI=1S/C17H17N3O4/c1-23-13-9-7-12(8-10-13)11-18-20-17(22)16(21)19-14-5-3-4-6-15(14)24-2/h3-11H,1-2H3,(H,19,21)(H,20,22)/b18-11+. The Balaban J connectivity index is 1.91. The number of anilines is 1. The molecule has 0 aliphatic heterocycles. The normalized spacial score (nSPS) is 10.2. The van der Waals surface area contributed by atoms with Crippen LogP contribution in [0.1, 0.15) is 5.56 Å². The molecule has 0 atom stereocenters. The van der Waals surface area contributed by atoms with Crippen LogP contribution in [0.15, 0.2) is 53.6 Å². The second kappa shape index (κ2) is 8.33. The molecule has 0 heterocycles. The summed E-state index contributed by atoms with van der Waals surface area (Å²) in [6.45, 7) is 0. The van der Waals surface area contributed by atoms with E-state index in [1.165, 1.54) is 13.3 Å². The van der Waals surface area contributed by atoms with Crippen LogP contribution >= 0.6 is 0 Å². The van der Waals surface area contributed by atoms with Crippen LogP contribution in [-0.4, -0.2) is 32.2 Å². The zero-order chi connectivity index (χ0) is 17.4. The molecule has 0 bridgehead atoms. The summed E-state index contributed by atoms with van der Waals surface area (Å²) in [6, 6.07) is 13.8. The second-order valence-electron chi connectivity index (χ2n) is 4.63. The first kappa shape index (κ1) is 17.0. The van der Waals surface area contributed by atoms with E-state index in [2.05, 4.69) is 15.8 Å². The Morgan fingerprint density at radius 3 is 2.33 bits per heavy atom. The predicted octanol–water partition coefficient (Wildman–Crippen LogP) is 1.79. The highest BCUT2D eigenvalue weighted by molar-refractivity contribution is 6.39. The lowest BCUT2D eigenvalue weighted by Crippen LogP contribution is -2.32. The maximum absolute atomic E-state index is 11.8. The van der Waals surface area contributed by atoms with Crippen LogP contribution in [0.3, 0.4) is 0 Å². The number of nitrogens with one attached hydrogen (secondary N) is 2. The number of hydrogen-bond acceptors (Lipinski definition) is 5. The van der Waals surface area contributed by atoms with Gasteiger partial charge in [0.25, 0.3) is 0 Å². The largest absolute Gasteiger partial charge is 0.497 e. The summed E-state index contributed by atoms with van der Waals surface area (Å²) >= 11 is 0. The first-order chi connectivity index (χ1) is 11.6. The molecule has 0 saturated carbocycles. The Labute approximate surface area is 139 Å². The van der Waals surface area contributed by atoms with Crippen molar-refractivity contribution in [3.05, 3.63) is 54.1 Å². The number of carbonyl (C=O) groups is 2. The highest BCUT2D eigenvalue weighted by Gasteiger charge is 2.14. The average molecular weight is 327 g/mol. The molecule has 24 heavy (non-hydrogen) atoms. The molecule has 0 saturated heterocycles. The SMILES string of the molecule is COc1ccc(/C=N/NC(=O)C(=O)Nc2ccccc2OC)cc1. The van der Waals surface area contributed by atoms with Crippen molar-refractivity contribution in [3.63, 3.8) is 0 Å². The van der Waals surface area contributed by atoms with E-state index in [4.69, 9.17) is 9.47 Å². The van der Waals surface area contributed by atoms with Crippen molar-refractivity contribution in [2.24, 2.45) is 5.10 Å². The molecule has 2 aromatic carbocycles. The molecule has 7 heteroatoms. The molecule has 2 aromatic rings. The van der Waals surface area contributed by atoms with Crippen LogP contribution < -0.4 is 20.2 Å². The van der Waals surface area contributed by atoms with Gasteiger partial charge in [0, 0.05) is 0 Å². The Bertz CT molecular complexity index is 742. The van der Waals surface area contributed by atoms with Gasteiger partial charge in [-0.15, -0.1) is 0 Å². The lowest BCUT2D eigenvalue weighted by Gasteiger charge is -2.08. The van der Waals surface area contributed by atoms with Gasteiger partial charge in [-0.25, -0.2) is 5.43 Å². The van der Waals surface area contributed by atoms with Crippen LogP contribution in [0, 0.1) is 0 Å². The van der Waals surface area contributed by atoms with Gasteiger partial charge in [-0.2, -0.15) is 5.10 Å². The first-order valence-electron chi connectivity index (χ1n) is 7.05. The number of carbonyl (C=O) groups excluding carboxylic acids is 2. The number of benzene rings is 2. The fourth-order valence-corrected chi connectivity index (χ4v) is 1.83. The third kappa shape index (κ3) is 4.57. The van der Waals surface area contributed by atoms with Crippen molar-refractivity contribution in [1.29, 1.82) is 0 Å². The van der Waals surface area contributed by atoms with Crippen molar-refractivity contribution < 1.29 is 19.1 Å². The fraction of sp³-hybridized carbons (Fsp3) is 0.118. The molecule has 124 valence electrons. The molecule has 0 aliphatic carbocycles. The maximum Gasteiger partial charge on any atom is 0.329 e. The van der Waals surface area contributed by atoms with Gasteiger partial charge in [0.05, 0.1) is 26.1 Å². The topological polar surface area (TPSA) is 89.0 Å². The number of rotatable bonds is 5. The number of hydrogen-bond donors (Lipinski definition) is 2. The molecule has 0 aromatic heterocycles. The summed E-state index contributed by atoms with van der Waals surface area (Å²) < 4.78 is 10.1. The van der Waals surface area contributed by atoms with Crippen LogP contribution in [-0.2, 0) is 9.59 Å². The molecule has 0 fully saturated rings. The molecule has 7 nitrogen and oxygen atoms in total. The van der Waals surface area contributed by atoms with E-state index in [0.717, 1.165) is 5.56 Å². The zero-order valence-electron chi connectivity index (χ0n) is 13.3.